The van der Waals surface area contributed by atoms with Gasteiger partial charge in [0, 0.05) is 6.54 Å². The molecule has 0 bridgehead atoms. The van der Waals surface area contributed by atoms with E-state index in [2.05, 4.69) is 33.0 Å². The van der Waals surface area contributed by atoms with Gasteiger partial charge in [-0.15, -0.1) is 0 Å². The number of carbonyl (C=O) groups is 1. The molecule has 0 saturated carbocycles. The van der Waals surface area contributed by atoms with E-state index in [9.17, 15) is 4.79 Å². The van der Waals surface area contributed by atoms with Crippen molar-refractivity contribution in [3.05, 3.63) is 0 Å². The molecular formula is C12H25NO2. The lowest BCUT2D eigenvalue weighted by atomic mass is 10.1. The predicted molar refractivity (Wildman–Crippen MR) is 62.9 cm³/mol. The smallest absolute Gasteiger partial charge is 0.407 e. The number of hydrogen-bond acceptors (Lipinski definition) is 2. The van der Waals surface area contributed by atoms with Crippen LogP contribution in [-0.2, 0) is 4.74 Å². The van der Waals surface area contributed by atoms with Gasteiger partial charge in [-0.05, 0) is 24.7 Å². The SMILES string of the molecule is CC(C)CCCCOC(=O)NCC(C)C. The van der Waals surface area contributed by atoms with E-state index in [4.69, 9.17) is 4.74 Å². The Labute approximate surface area is 93.6 Å². The van der Waals surface area contributed by atoms with Gasteiger partial charge in [0.25, 0.3) is 0 Å². The van der Waals surface area contributed by atoms with E-state index in [0.29, 0.717) is 19.1 Å². The summed E-state index contributed by atoms with van der Waals surface area (Å²) >= 11 is 0. The molecule has 0 aromatic carbocycles. The number of rotatable bonds is 7. The molecular weight excluding hydrogens is 190 g/mol. The molecule has 0 saturated heterocycles. The summed E-state index contributed by atoms with van der Waals surface area (Å²) in [6.45, 7) is 9.75. The van der Waals surface area contributed by atoms with Crippen LogP contribution in [0.2, 0.25) is 0 Å². The van der Waals surface area contributed by atoms with Crippen LogP contribution in [0.25, 0.3) is 0 Å². The lowest BCUT2D eigenvalue weighted by Gasteiger charge is -2.09. The standard InChI is InChI=1S/C12H25NO2/c1-10(2)7-5-6-8-15-12(14)13-9-11(3)4/h10-11H,5-9H2,1-4H3,(H,13,14). The molecule has 0 aliphatic heterocycles. The van der Waals surface area contributed by atoms with Crippen LogP contribution in [0.5, 0.6) is 0 Å². The van der Waals surface area contributed by atoms with Gasteiger partial charge in [-0.1, -0.05) is 34.1 Å². The van der Waals surface area contributed by atoms with E-state index in [1.54, 1.807) is 0 Å². The van der Waals surface area contributed by atoms with Crippen molar-refractivity contribution in [1.29, 1.82) is 0 Å². The molecule has 0 rings (SSSR count). The second-order valence-corrected chi connectivity index (χ2v) is 4.80. The Morgan fingerprint density at radius 2 is 1.80 bits per heavy atom. The van der Waals surface area contributed by atoms with Gasteiger partial charge in [0.2, 0.25) is 0 Å². The van der Waals surface area contributed by atoms with E-state index in [1.807, 2.05) is 0 Å². The first-order chi connectivity index (χ1) is 7.02. The fourth-order valence-corrected chi connectivity index (χ4v) is 1.16. The van der Waals surface area contributed by atoms with Gasteiger partial charge in [0.1, 0.15) is 0 Å². The summed E-state index contributed by atoms with van der Waals surface area (Å²) in [6.07, 6.45) is 3.02. The Kier molecular flexibility index (Phi) is 8.15. The summed E-state index contributed by atoms with van der Waals surface area (Å²) in [5.74, 6) is 1.21. The Morgan fingerprint density at radius 3 is 2.33 bits per heavy atom. The van der Waals surface area contributed by atoms with Crippen molar-refractivity contribution in [2.75, 3.05) is 13.2 Å². The molecule has 0 unspecified atom stereocenters. The van der Waals surface area contributed by atoms with Crippen molar-refractivity contribution in [1.82, 2.24) is 5.32 Å². The lowest BCUT2D eigenvalue weighted by Crippen LogP contribution is -2.28. The third kappa shape index (κ3) is 11.2. The average molecular weight is 215 g/mol. The first kappa shape index (κ1) is 14.3. The Bertz CT molecular complexity index is 167. The molecule has 0 aliphatic rings. The third-order valence-electron chi connectivity index (χ3n) is 2.06. The third-order valence-corrected chi connectivity index (χ3v) is 2.06. The molecule has 0 spiro atoms. The summed E-state index contributed by atoms with van der Waals surface area (Å²) < 4.78 is 5.02. The van der Waals surface area contributed by atoms with E-state index in [-0.39, 0.29) is 6.09 Å². The van der Waals surface area contributed by atoms with Crippen LogP contribution in [0, 0.1) is 11.8 Å². The molecule has 1 N–H and O–H groups in total. The number of amides is 1. The number of carbonyl (C=O) groups excluding carboxylic acids is 1. The molecule has 3 heteroatoms. The Morgan fingerprint density at radius 1 is 1.13 bits per heavy atom. The predicted octanol–water partition coefficient (Wildman–Crippen LogP) is 3.19. The summed E-state index contributed by atoms with van der Waals surface area (Å²) in [5, 5.41) is 2.72. The van der Waals surface area contributed by atoms with Gasteiger partial charge in [0.15, 0.2) is 0 Å². The number of alkyl carbamates (subject to hydrolysis) is 1. The minimum Gasteiger partial charge on any atom is -0.450 e. The molecule has 0 aromatic rings. The lowest BCUT2D eigenvalue weighted by molar-refractivity contribution is 0.142. The fraction of sp³-hybridized carbons (Fsp3) is 0.917. The molecule has 3 nitrogen and oxygen atoms in total. The zero-order valence-electron chi connectivity index (χ0n) is 10.5. The Balaban J connectivity index is 3.24. The van der Waals surface area contributed by atoms with Crippen molar-refractivity contribution in [3.63, 3.8) is 0 Å². The van der Waals surface area contributed by atoms with Crippen LogP contribution in [0.15, 0.2) is 0 Å². The van der Waals surface area contributed by atoms with Gasteiger partial charge < -0.3 is 10.1 Å². The van der Waals surface area contributed by atoms with Gasteiger partial charge in [-0.2, -0.15) is 0 Å². The minimum atomic E-state index is -0.284. The second-order valence-electron chi connectivity index (χ2n) is 4.80. The average Bonchev–Trinajstić information content (AvgIpc) is 2.13. The highest BCUT2D eigenvalue weighted by Gasteiger charge is 2.02. The highest BCUT2D eigenvalue weighted by atomic mass is 16.5. The zero-order valence-corrected chi connectivity index (χ0v) is 10.5. The summed E-state index contributed by atoms with van der Waals surface area (Å²) in [5.41, 5.74) is 0. The Hall–Kier alpha value is -0.730. The van der Waals surface area contributed by atoms with Crippen molar-refractivity contribution in [3.8, 4) is 0 Å². The number of nitrogens with one attached hydrogen (secondary N) is 1. The van der Waals surface area contributed by atoms with Crippen LogP contribution in [0.3, 0.4) is 0 Å². The molecule has 0 radical (unpaired) electrons. The normalized spacial score (nSPS) is 10.8. The molecule has 0 atom stereocenters. The van der Waals surface area contributed by atoms with Gasteiger partial charge in [0.05, 0.1) is 6.61 Å². The maximum atomic E-state index is 11.1. The van der Waals surface area contributed by atoms with Crippen LogP contribution in [0.4, 0.5) is 4.79 Å². The maximum Gasteiger partial charge on any atom is 0.407 e. The number of unbranched alkanes of at least 4 members (excludes halogenated alkanes) is 1. The number of ether oxygens (including phenoxy) is 1. The number of hydrogen-bond donors (Lipinski definition) is 1. The highest BCUT2D eigenvalue weighted by molar-refractivity contribution is 5.66. The van der Waals surface area contributed by atoms with Gasteiger partial charge in [-0.25, -0.2) is 4.79 Å². The van der Waals surface area contributed by atoms with E-state index in [0.717, 1.165) is 18.8 Å². The quantitative estimate of drug-likeness (QED) is 0.662. The molecule has 0 aromatic heterocycles. The minimum absolute atomic E-state index is 0.284. The first-order valence-electron chi connectivity index (χ1n) is 5.93. The van der Waals surface area contributed by atoms with E-state index >= 15 is 0 Å². The summed E-state index contributed by atoms with van der Waals surface area (Å²) in [7, 11) is 0. The summed E-state index contributed by atoms with van der Waals surface area (Å²) in [6, 6.07) is 0. The van der Waals surface area contributed by atoms with Crippen LogP contribution in [0.1, 0.15) is 47.0 Å². The van der Waals surface area contributed by atoms with Crippen molar-refractivity contribution in [2.45, 2.75) is 47.0 Å². The van der Waals surface area contributed by atoms with Crippen molar-refractivity contribution >= 4 is 6.09 Å². The molecule has 1 amide bonds. The largest absolute Gasteiger partial charge is 0.450 e. The monoisotopic (exact) mass is 215 g/mol. The molecule has 15 heavy (non-hydrogen) atoms. The highest BCUT2D eigenvalue weighted by Crippen LogP contribution is 2.05. The fourth-order valence-electron chi connectivity index (χ4n) is 1.16. The van der Waals surface area contributed by atoms with E-state index < -0.39 is 0 Å². The van der Waals surface area contributed by atoms with Crippen LogP contribution in [-0.4, -0.2) is 19.2 Å². The summed E-state index contributed by atoms with van der Waals surface area (Å²) in [4.78, 5) is 11.1. The van der Waals surface area contributed by atoms with Crippen molar-refractivity contribution < 1.29 is 9.53 Å². The van der Waals surface area contributed by atoms with Crippen LogP contribution < -0.4 is 5.32 Å². The van der Waals surface area contributed by atoms with Crippen LogP contribution >= 0.6 is 0 Å². The molecule has 0 aliphatic carbocycles. The van der Waals surface area contributed by atoms with Gasteiger partial charge in [-0.3, -0.25) is 0 Å². The van der Waals surface area contributed by atoms with Gasteiger partial charge >= 0.3 is 6.09 Å². The molecule has 0 fully saturated rings. The molecule has 90 valence electrons. The molecule has 0 heterocycles. The zero-order chi connectivity index (χ0) is 11.7. The van der Waals surface area contributed by atoms with E-state index in [1.165, 1.54) is 6.42 Å². The van der Waals surface area contributed by atoms with Crippen molar-refractivity contribution in [2.24, 2.45) is 11.8 Å². The topological polar surface area (TPSA) is 38.3 Å². The maximum absolute atomic E-state index is 11.1. The second kappa shape index (κ2) is 8.57. The first-order valence-corrected chi connectivity index (χ1v) is 5.93.